The Balaban J connectivity index is 1.86. The van der Waals surface area contributed by atoms with Crippen LogP contribution < -0.4 is 16.4 Å². The monoisotopic (exact) mass is 391 g/mol. The molecular weight excluding hydrogens is 370 g/mol. The molecule has 3 rings (SSSR count). The van der Waals surface area contributed by atoms with E-state index >= 15 is 0 Å². The molecule has 0 atom stereocenters. The third kappa shape index (κ3) is 4.81. The Hall–Kier alpha value is -2.52. The Labute approximate surface area is 161 Å². The number of halogens is 1. The highest BCUT2D eigenvalue weighted by molar-refractivity contribution is 6.30. The molecule has 4 N–H and O–H groups in total. The summed E-state index contributed by atoms with van der Waals surface area (Å²) in [6.45, 7) is 1.13. The van der Waals surface area contributed by atoms with E-state index in [-0.39, 0.29) is 17.5 Å². The van der Waals surface area contributed by atoms with E-state index in [4.69, 9.17) is 23.1 Å². The summed E-state index contributed by atoms with van der Waals surface area (Å²) in [4.78, 5) is 24.8. The lowest BCUT2D eigenvalue weighted by Gasteiger charge is -2.31. The summed E-state index contributed by atoms with van der Waals surface area (Å²) in [5.41, 5.74) is 12.3. The molecule has 9 nitrogen and oxygen atoms in total. The second-order valence-corrected chi connectivity index (χ2v) is 7.17. The van der Waals surface area contributed by atoms with Crippen molar-refractivity contribution in [2.75, 3.05) is 17.2 Å². The van der Waals surface area contributed by atoms with Crippen LogP contribution in [0.3, 0.4) is 0 Å². The fourth-order valence-electron chi connectivity index (χ4n) is 3.31. The van der Waals surface area contributed by atoms with Crippen LogP contribution in [0.4, 0.5) is 17.5 Å². The van der Waals surface area contributed by atoms with Crippen molar-refractivity contribution in [3.63, 3.8) is 0 Å². The molecule has 0 aliphatic heterocycles. The van der Waals surface area contributed by atoms with Gasteiger partial charge in [-0.2, -0.15) is 4.98 Å². The van der Waals surface area contributed by atoms with Crippen LogP contribution in [0.25, 0.3) is 0 Å². The Morgan fingerprint density at radius 2 is 2.04 bits per heavy atom. The average molecular weight is 392 g/mol. The van der Waals surface area contributed by atoms with E-state index in [9.17, 15) is 10.1 Å². The highest BCUT2D eigenvalue weighted by Crippen LogP contribution is 2.28. The molecule has 2 heterocycles. The second-order valence-electron chi connectivity index (χ2n) is 6.81. The fourth-order valence-corrected chi connectivity index (χ4v) is 3.49. The maximum atomic E-state index is 11.0. The van der Waals surface area contributed by atoms with Gasteiger partial charge in [-0.1, -0.05) is 17.7 Å². The maximum Gasteiger partial charge on any atom is 0.329 e. The van der Waals surface area contributed by atoms with Crippen molar-refractivity contribution in [2.24, 2.45) is 11.7 Å². The van der Waals surface area contributed by atoms with Gasteiger partial charge < -0.3 is 16.4 Å². The van der Waals surface area contributed by atoms with Crippen molar-refractivity contribution in [3.05, 3.63) is 45.4 Å². The summed E-state index contributed by atoms with van der Waals surface area (Å²) in [7, 11) is 0. The maximum absolute atomic E-state index is 11.0. The van der Waals surface area contributed by atoms with Crippen molar-refractivity contribution in [3.8, 4) is 0 Å². The van der Waals surface area contributed by atoms with Gasteiger partial charge >= 0.3 is 5.69 Å². The molecule has 10 heteroatoms. The minimum Gasteiger partial charge on any atom is -0.378 e. The zero-order chi connectivity index (χ0) is 19.4. The van der Waals surface area contributed by atoms with Gasteiger partial charge in [0, 0.05) is 30.9 Å². The first-order valence-corrected chi connectivity index (χ1v) is 9.18. The van der Waals surface area contributed by atoms with E-state index in [2.05, 4.69) is 15.0 Å². The van der Waals surface area contributed by atoms with Gasteiger partial charge in [0.05, 0.1) is 4.92 Å². The zero-order valence-corrected chi connectivity index (χ0v) is 15.5. The van der Waals surface area contributed by atoms with Gasteiger partial charge in [0.25, 0.3) is 0 Å². The molecular formula is C17H22ClN7O2. The third-order valence-corrected chi connectivity index (χ3v) is 5.17. The number of aromatic nitrogens is 3. The Morgan fingerprint density at radius 1 is 1.30 bits per heavy atom. The van der Waals surface area contributed by atoms with Crippen LogP contribution in [0.2, 0.25) is 5.15 Å². The molecule has 0 spiro atoms. The lowest BCUT2D eigenvalue weighted by Crippen LogP contribution is -2.35. The van der Waals surface area contributed by atoms with E-state index in [1.165, 1.54) is 0 Å². The van der Waals surface area contributed by atoms with Gasteiger partial charge in [0.15, 0.2) is 0 Å². The minimum atomic E-state index is -0.593. The van der Waals surface area contributed by atoms with Crippen molar-refractivity contribution in [2.45, 2.75) is 38.3 Å². The van der Waals surface area contributed by atoms with Gasteiger partial charge in [-0.3, -0.25) is 10.1 Å². The molecule has 2 aromatic rings. The van der Waals surface area contributed by atoms with Crippen LogP contribution in [0.5, 0.6) is 0 Å². The van der Waals surface area contributed by atoms with Crippen LogP contribution in [0.15, 0.2) is 24.5 Å². The SMILES string of the molecule is Nc1nc(N(Cc2cccnc2Cl)C[C@H]2CC[C@H](N)CC2)ncc1[N+](=O)[O-]. The van der Waals surface area contributed by atoms with Gasteiger partial charge in [-0.15, -0.1) is 0 Å². The van der Waals surface area contributed by atoms with Gasteiger partial charge in [0.1, 0.15) is 11.3 Å². The number of pyridine rings is 1. The molecule has 0 aromatic carbocycles. The molecule has 27 heavy (non-hydrogen) atoms. The number of nitrogens with zero attached hydrogens (tertiary/aromatic N) is 5. The average Bonchev–Trinajstić information content (AvgIpc) is 2.64. The Kier molecular flexibility index (Phi) is 6.02. The van der Waals surface area contributed by atoms with E-state index in [0.717, 1.165) is 37.4 Å². The largest absolute Gasteiger partial charge is 0.378 e. The lowest BCUT2D eigenvalue weighted by molar-refractivity contribution is -0.384. The highest BCUT2D eigenvalue weighted by atomic mass is 35.5. The predicted molar refractivity (Wildman–Crippen MR) is 103 cm³/mol. The molecule has 1 saturated carbocycles. The standard InChI is InChI=1S/C17H22ClN7O2/c18-15-12(2-1-7-21-15)10-24(9-11-3-5-13(19)6-4-11)17-22-8-14(25(26)27)16(20)23-17/h1-2,7-8,11,13H,3-6,9-10,19H2,(H2,20,22,23)/t11-,13-. The number of nitrogens with two attached hydrogens (primary N) is 2. The van der Waals surface area contributed by atoms with E-state index in [0.29, 0.717) is 30.1 Å². The summed E-state index contributed by atoms with van der Waals surface area (Å²) in [6, 6.07) is 3.95. The number of hydrogen-bond donors (Lipinski definition) is 2. The first-order valence-electron chi connectivity index (χ1n) is 8.81. The molecule has 1 aliphatic rings. The van der Waals surface area contributed by atoms with Gasteiger partial charge in [-0.25, -0.2) is 9.97 Å². The smallest absolute Gasteiger partial charge is 0.329 e. The molecule has 0 radical (unpaired) electrons. The van der Waals surface area contributed by atoms with Crippen molar-refractivity contribution in [1.29, 1.82) is 0 Å². The number of nitro groups is 1. The Bertz CT molecular complexity index is 812. The first kappa shape index (κ1) is 19.2. The molecule has 1 fully saturated rings. The molecule has 144 valence electrons. The topological polar surface area (TPSA) is 137 Å². The van der Waals surface area contributed by atoms with Gasteiger partial charge in [-0.05, 0) is 37.7 Å². The van der Waals surface area contributed by atoms with E-state index in [1.807, 2.05) is 17.0 Å². The summed E-state index contributed by atoms with van der Waals surface area (Å²) < 4.78 is 0. The summed E-state index contributed by atoms with van der Waals surface area (Å²) >= 11 is 6.21. The normalized spacial score (nSPS) is 19.6. The zero-order valence-electron chi connectivity index (χ0n) is 14.8. The van der Waals surface area contributed by atoms with Crippen molar-refractivity contribution in [1.82, 2.24) is 15.0 Å². The molecule has 0 amide bonds. The fraction of sp³-hybridized carbons (Fsp3) is 0.471. The number of nitrogen functional groups attached to an aromatic ring is 1. The van der Waals surface area contributed by atoms with Gasteiger partial charge in [0.2, 0.25) is 11.8 Å². The molecule has 0 bridgehead atoms. The summed E-state index contributed by atoms with van der Waals surface area (Å²) in [5, 5.41) is 11.4. The molecule has 0 saturated heterocycles. The van der Waals surface area contributed by atoms with Crippen LogP contribution in [-0.4, -0.2) is 32.5 Å². The third-order valence-electron chi connectivity index (χ3n) is 4.83. The second kappa shape index (κ2) is 8.45. The molecule has 0 unspecified atom stereocenters. The molecule has 1 aliphatic carbocycles. The Morgan fingerprint density at radius 3 is 2.67 bits per heavy atom. The first-order chi connectivity index (χ1) is 12.9. The number of rotatable bonds is 6. The van der Waals surface area contributed by atoms with Crippen molar-refractivity contribution >= 4 is 29.1 Å². The van der Waals surface area contributed by atoms with Crippen LogP contribution in [0.1, 0.15) is 31.2 Å². The van der Waals surface area contributed by atoms with Crippen LogP contribution >= 0.6 is 11.6 Å². The van der Waals surface area contributed by atoms with E-state index in [1.54, 1.807) is 6.20 Å². The number of anilines is 2. The quantitative estimate of drug-likeness (QED) is 0.435. The summed E-state index contributed by atoms with van der Waals surface area (Å²) in [6.07, 6.45) is 6.76. The summed E-state index contributed by atoms with van der Waals surface area (Å²) in [5.74, 6) is 0.617. The van der Waals surface area contributed by atoms with Crippen molar-refractivity contribution < 1.29 is 4.92 Å². The highest BCUT2D eigenvalue weighted by Gasteiger charge is 2.24. The number of hydrogen-bond acceptors (Lipinski definition) is 8. The van der Waals surface area contributed by atoms with Crippen LogP contribution in [0, 0.1) is 16.0 Å². The predicted octanol–water partition coefficient (Wildman–Crippen LogP) is 2.54. The minimum absolute atomic E-state index is 0.155. The van der Waals surface area contributed by atoms with E-state index < -0.39 is 4.92 Å². The molecule has 2 aromatic heterocycles. The van der Waals surface area contributed by atoms with Crippen LogP contribution in [-0.2, 0) is 6.54 Å². The lowest BCUT2D eigenvalue weighted by atomic mass is 9.86.